The van der Waals surface area contributed by atoms with Gasteiger partial charge in [-0.1, -0.05) is 37.3 Å². The van der Waals surface area contributed by atoms with Crippen molar-refractivity contribution in [2.24, 2.45) is 17.6 Å². The number of nitrogens with zero attached hydrogens (tertiary/aromatic N) is 1. The standard InChI is InChI=1S/C17H26N2O/c1-17(11-18,14-5-3-2-4-6-14)12-19-9-13-7-8-16(20)15(13)10-19/h2-6,13,15-16,20H,7-12,18H2,1H3. The number of benzene rings is 1. The predicted molar refractivity (Wildman–Crippen MR) is 81.5 cm³/mol. The van der Waals surface area contributed by atoms with Gasteiger partial charge in [-0.3, -0.25) is 0 Å². The Labute approximate surface area is 121 Å². The van der Waals surface area contributed by atoms with Crippen molar-refractivity contribution in [2.75, 3.05) is 26.2 Å². The van der Waals surface area contributed by atoms with Crippen LogP contribution in [0.4, 0.5) is 0 Å². The summed E-state index contributed by atoms with van der Waals surface area (Å²) in [5.74, 6) is 1.19. The van der Waals surface area contributed by atoms with Gasteiger partial charge in [0.25, 0.3) is 0 Å². The maximum atomic E-state index is 10.0. The van der Waals surface area contributed by atoms with Crippen LogP contribution in [-0.4, -0.2) is 42.3 Å². The molecule has 110 valence electrons. The largest absolute Gasteiger partial charge is 0.393 e. The lowest BCUT2D eigenvalue weighted by atomic mass is 9.82. The number of nitrogens with two attached hydrogens (primary N) is 1. The molecular weight excluding hydrogens is 248 g/mol. The number of rotatable bonds is 4. The molecule has 3 nitrogen and oxygen atoms in total. The Bertz CT molecular complexity index is 450. The third-order valence-corrected chi connectivity index (χ3v) is 5.39. The van der Waals surface area contributed by atoms with Crippen LogP contribution in [0, 0.1) is 11.8 Å². The third-order valence-electron chi connectivity index (χ3n) is 5.39. The van der Waals surface area contributed by atoms with Crippen molar-refractivity contribution in [3.63, 3.8) is 0 Å². The van der Waals surface area contributed by atoms with E-state index in [2.05, 4.69) is 42.2 Å². The molecular formula is C17H26N2O. The van der Waals surface area contributed by atoms with Crippen LogP contribution >= 0.6 is 0 Å². The van der Waals surface area contributed by atoms with Crippen LogP contribution in [0.2, 0.25) is 0 Å². The molecule has 1 heterocycles. The molecule has 0 amide bonds. The fourth-order valence-electron chi connectivity index (χ4n) is 4.07. The van der Waals surface area contributed by atoms with Crippen molar-refractivity contribution in [3.05, 3.63) is 35.9 Å². The first-order valence-electron chi connectivity index (χ1n) is 7.78. The molecule has 0 bridgehead atoms. The zero-order valence-electron chi connectivity index (χ0n) is 12.3. The summed E-state index contributed by atoms with van der Waals surface area (Å²) in [6.45, 7) is 6.07. The molecule has 0 aromatic heterocycles. The number of aliphatic hydroxyl groups excluding tert-OH is 1. The monoisotopic (exact) mass is 274 g/mol. The Morgan fingerprint density at radius 2 is 2.00 bits per heavy atom. The van der Waals surface area contributed by atoms with Crippen LogP contribution in [0.1, 0.15) is 25.3 Å². The van der Waals surface area contributed by atoms with E-state index in [0.717, 1.165) is 26.1 Å². The van der Waals surface area contributed by atoms with E-state index < -0.39 is 0 Å². The topological polar surface area (TPSA) is 49.5 Å². The first-order valence-corrected chi connectivity index (χ1v) is 7.78. The Morgan fingerprint density at radius 1 is 1.25 bits per heavy atom. The van der Waals surface area contributed by atoms with Crippen molar-refractivity contribution >= 4 is 0 Å². The fraction of sp³-hybridized carbons (Fsp3) is 0.647. The lowest BCUT2D eigenvalue weighted by Gasteiger charge is -2.33. The van der Waals surface area contributed by atoms with E-state index in [4.69, 9.17) is 5.73 Å². The SMILES string of the molecule is CC(CN)(CN1CC2CCC(O)C2C1)c1ccccc1. The quantitative estimate of drug-likeness (QED) is 0.877. The van der Waals surface area contributed by atoms with E-state index in [1.807, 2.05) is 0 Å². The summed E-state index contributed by atoms with van der Waals surface area (Å²) in [4.78, 5) is 2.51. The summed E-state index contributed by atoms with van der Waals surface area (Å²) in [6, 6.07) is 10.6. The second-order valence-electron chi connectivity index (χ2n) is 6.89. The summed E-state index contributed by atoms with van der Waals surface area (Å²) >= 11 is 0. The zero-order chi connectivity index (χ0) is 14.2. The summed E-state index contributed by atoms with van der Waals surface area (Å²) < 4.78 is 0. The second-order valence-corrected chi connectivity index (χ2v) is 6.89. The van der Waals surface area contributed by atoms with Gasteiger partial charge in [-0.25, -0.2) is 0 Å². The molecule has 0 spiro atoms. The van der Waals surface area contributed by atoms with Crippen molar-refractivity contribution in [1.82, 2.24) is 4.90 Å². The number of fused-ring (bicyclic) bond motifs is 1. The maximum Gasteiger partial charge on any atom is 0.0583 e. The van der Waals surface area contributed by atoms with Crippen LogP contribution in [0.25, 0.3) is 0 Å². The molecule has 1 aliphatic heterocycles. The Morgan fingerprint density at radius 3 is 2.65 bits per heavy atom. The highest BCUT2D eigenvalue weighted by atomic mass is 16.3. The van der Waals surface area contributed by atoms with Crippen molar-refractivity contribution < 1.29 is 5.11 Å². The van der Waals surface area contributed by atoms with E-state index >= 15 is 0 Å². The van der Waals surface area contributed by atoms with Crippen LogP contribution in [0.15, 0.2) is 30.3 Å². The van der Waals surface area contributed by atoms with Crippen LogP contribution < -0.4 is 5.73 Å². The first-order chi connectivity index (χ1) is 9.62. The molecule has 3 N–H and O–H groups in total. The van der Waals surface area contributed by atoms with Gasteiger partial charge >= 0.3 is 0 Å². The van der Waals surface area contributed by atoms with E-state index in [1.54, 1.807) is 0 Å². The molecule has 4 unspecified atom stereocenters. The van der Waals surface area contributed by atoms with Crippen molar-refractivity contribution in [3.8, 4) is 0 Å². The van der Waals surface area contributed by atoms with Crippen molar-refractivity contribution in [2.45, 2.75) is 31.3 Å². The molecule has 3 rings (SSSR count). The van der Waals surface area contributed by atoms with Gasteiger partial charge in [-0.2, -0.15) is 0 Å². The molecule has 1 aromatic rings. The molecule has 2 aliphatic rings. The summed E-state index contributed by atoms with van der Waals surface area (Å²) in [7, 11) is 0. The number of hydrogen-bond acceptors (Lipinski definition) is 3. The van der Waals surface area contributed by atoms with E-state index in [0.29, 0.717) is 18.4 Å². The van der Waals surface area contributed by atoms with E-state index in [1.165, 1.54) is 12.0 Å². The smallest absolute Gasteiger partial charge is 0.0583 e. The van der Waals surface area contributed by atoms with Gasteiger partial charge in [0.1, 0.15) is 0 Å². The number of hydrogen-bond donors (Lipinski definition) is 2. The first kappa shape index (κ1) is 14.1. The van der Waals surface area contributed by atoms with Gasteiger partial charge in [0.05, 0.1) is 6.10 Å². The molecule has 1 saturated carbocycles. The molecule has 1 saturated heterocycles. The highest BCUT2D eigenvalue weighted by Crippen LogP contribution is 2.39. The minimum absolute atomic E-state index is 0.00481. The molecule has 3 heteroatoms. The third kappa shape index (κ3) is 2.50. The second kappa shape index (κ2) is 5.47. The van der Waals surface area contributed by atoms with Crippen LogP contribution in [0.3, 0.4) is 0 Å². The lowest BCUT2D eigenvalue weighted by Crippen LogP contribution is -2.43. The normalized spacial score (nSPS) is 33.0. The molecule has 1 aliphatic carbocycles. The molecule has 4 atom stereocenters. The average Bonchev–Trinajstić information content (AvgIpc) is 3.02. The average molecular weight is 274 g/mol. The Hall–Kier alpha value is -0.900. The van der Waals surface area contributed by atoms with Crippen LogP contribution in [0.5, 0.6) is 0 Å². The lowest BCUT2D eigenvalue weighted by molar-refractivity contribution is 0.121. The molecule has 0 radical (unpaired) electrons. The van der Waals surface area contributed by atoms with Gasteiger partial charge in [0.15, 0.2) is 0 Å². The molecule has 1 aromatic carbocycles. The minimum Gasteiger partial charge on any atom is -0.393 e. The van der Waals surface area contributed by atoms with Gasteiger partial charge in [0.2, 0.25) is 0 Å². The zero-order valence-corrected chi connectivity index (χ0v) is 12.3. The van der Waals surface area contributed by atoms with Gasteiger partial charge < -0.3 is 15.7 Å². The molecule has 2 fully saturated rings. The fourth-order valence-corrected chi connectivity index (χ4v) is 4.07. The minimum atomic E-state index is -0.0779. The Kier molecular flexibility index (Phi) is 3.85. The highest BCUT2D eigenvalue weighted by molar-refractivity contribution is 5.25. The number of aliphatic hydroxyl groups is 1. The van der Waals surface area contributed by atoms with Gasteiger partial charge in [0, 0.05) is 37.5 Å². The van der Waals surface area contributed by atoms with Crippen molar-refractivity contribution in [1.29, 1.82) is 0 Å². The summed E-state index contributed by atoms with van der Waals surface area (Å²) in [5, 5.41) is 10.0. The van der Waals surface area contributed by atoms with Gasteiger partial charge in [-0.15, -0.1) is 0 Å². The Balaban J connectivity index is 1.70. The maximum absolute atomic E-state index is 10.0. The van der Waals surface area contributed by atoms with E-state index in [-0.39, 0.29) is 11.5 Å². The highest BCUT2D eigenvalue weighted by Gasteiger charge is 2.43. The summed E-state index contributed by atoms with van der Waals surface area (Å²) in [6.07, 6.45) is 2.11. The number of likely N-dealkylation sites (tertiary alicyclic amines) is 1. The van der Waals surface area contributed by atoms with E-state index in [9.17, 15) is 5.11 Å². The summed E-state index contributed by atoms with van der Waals surface area (Å²) in [5.41, 5.74) is 7.41. The predicted octanol–water partition coefficient (Wildman–Crippen LogP) is 1.61. The molecule has 20 heavy (non-hydrogen) atoms. The van der Waals surface area contributed by atoms with Crippen LogP contribution in [-0.2, 0) is 5.41 Å². The van der Waals surface area contributed by atoms with Gasteiger partial charge in [-0.05, 0) is 24.3 Å².